The van der Waals surface area contributed by atoms with Crippen molar-refractivity contribution >= 4 is 28.4 Å². The summed E-state index contributed by atoms with van der Waals surface area (Å²) in [5.41, 5.74) is 2.58. The van der Waals surface area contributed by atoms with Crippen LogP contribution >= 0.6 is 0 Å². The number of aromatic nitrogens is 1. The molecule has 178 valence electrons. The monoisotopic (exact) mass is 469 g/mol. The predicted octanol–water partition coefficient (Wildman–Crippen LogP) is 6.19. The van der Waals surface area contributed by atoms with Gasteiger partial charge in [-0.1, -0.05) is 72.8 Å². The lowest BCUT2D eigenvalue weighted by molar-refractivity contribution is 0.114. The normalized spacial score (nSPS) is 15.6. The first-order valence-electron chi connectivity index (χ1n) is 11.8. The van der Waals surface area contributed by atoms with Gasteiger partial charge < -0.3 is 5.11 Å². The zero-order chi connectivity index (χ0) is 24.0. The van der Waals surface area contributed by atoms with Gasteiger partial charge in [0.25, 0.3) is 0 Å². The summed E-state index contributed by atoms with van der Waals surface area (Å²) < 4.78 is 15.8. The third-order valence-corrected chi connectivity index (χ3v) is 6.31. The van der Waals surface area contributed by atoms with Gasteiger partial charge in [0.2, 0.25) is 5.88 Å². The molecular formula is C28H28FN5O. The summed E-state index contributed by atoms with van der Waals surface area (Å²) in [5.74, 6) is -0.407. The van der Waals surface area contributed by atoms with E-state index in [0.717, 1.165) is 43.6 Å². The van der Waals surface area contributed by atoms with Crippen LogP contribution in [0, 0.1) is 5.82 Å². The molecule has 1 aromatic heterocycles. The summed E-state index contributed by atoms with van der Waals surface area (Å²) >= 11 is 0. The third kappa shape index (κ3) is 5.31. The van der Waals surface area contributed by atoms with Crippen LogP contribution in [0.5, 0.6) is 5.88 Å². The van der Waals surface area contributed by atoms with Crippen molar-refractivity contribution in [1.82, 2.24) is 14.4 Å². The molecule has 0 radical (unpaired) electrons. The number of para-hydroxylation sites is 1. The van der Waals surface area contributed by atoms with Gasteiger partial charge in [0.15, 0.2) is 11.5 Å². The van der Waals surface area contributed by atoms with Gasteiger partial charge in [-0.05, 0) is 23.8 Å². The van der Waals surface area contributed by atoms with E-state index in [1.807, 2.05) is 47.0 Å². The third-order valence-electron chi connectivity index (χ3n) is 6.31. The van der Waals surface area contributed by atoms with E-state index in [1.54, 1.807) is 18.2 Å². The fraction of sp³-hybridized carbons (Fsp3) is 0.214. The zero-order valence-electron chi connectivity index (χ0n) is 19.5. The Kier molecular flexibility index (Phi) is 6.97. The molecule has 0 unspecified atom stereocenters. The van der Waals surface area contributed by atoms with E-state index < -0.39 is 5.82 Å². The van der Waals surface area contributed by atoms with Crippen molar-refractivity contribution in [2.45, 2.75) is 6.67 Å². The van der Waals surface area contributed by atoms with E-state index >= 15 is 0 Å². The Bertz CT molecular complexity index is 1340. The van der Waals surface area contributed by atoms with Crippen molar-refractivity contribution < 1.29 is 9.50 Å². The first-order chi connectivity index (χ1) is 17.2. The molecule has 1 saturated heterocycles. The molecule has 0 spiro atoms. The van der Waals surface area contributed by atoms with E-state index in [9.17, 15) is 9.50 Å². The van der Waals surface area contributed by atoms with Gasteiger partial charge in [0.1, 0.15) is 5.69 Å². The Morgan fingerprint density at radius 1 is 0.800 bits per heavy atom. The summed E-state index contributed by atoms with van der Waals surface area (Å²) in [6.45, 7) is 5.18. The number of benzene rings is 3. The van der Waals surface area contributed by atoms with Crippen molar-refractivity contribution in [3.05, 3.63) is 96.3 Å². The lowest BCUT2D eigenvalue weighted by atomic mass is 10.2. The molecule has 0 bridgehead atoms. The average molecular weight is 470 g/mol. The Labute approximate surface area is 204 Å². The first-order valence-corrected chi connectivity index (χ1v) is 11.8. The maximum atomic E-state index is 14.0. The summed E-state index contributed by atoms with van der Waals surface area (Å²) in [4.78, 5) is 4.75. The van der Waals surface area contributed by atoms with Gasteiger partial charge in [0.05, 0.1) is 12.2 Å². The number of halogens is 1. The second kappa shape index (κ2) is 10.6. The quantitative estimate of drug-likeness (QED) is 0.328. The molecule has 6 nitrogen and oxygen atoms in total. The standard InChI is InChI=1S/C28H28FN5O/c29-24-13-5-6-14-25(24)30-31-27-23-12-4-7-15-26(23)34(28(27)35)21-33-19-17-32(18-20-33)16-8-11-22-9-2-1-3-10-22/h1-15,35H,16-21H2/b11-8+,31-30?. The Morgan fingerprint density at radius 2 is 1.49 bits per heavy atom. The SMILES string of the molecule is Oc1c(N=Nc2ccccc2F)c2ccccc2n1CN1CCN(C/C=C/c2ccccc2)CC1. The molecule has 1 aliphatic heterocycles. The molecule has 1 aliphatic rings. The van der Waals surface area contributed by atoms with Gasteiger partial charge in [-0.3, -0.25) is 14.4 Å². The molecular weight excluding hydrogens is 441 g/mol. The minimum atomic E-state index is -0.448. The van der Waals surface area contributed by atoms with Gasteiger partial charge >= 0.3 is 0 Å². The minimum absolute atomic E-state index is 0.0412. The number of rotatable bonds is 7. The Morgan fingerprint density at radius 3 is 2.29 bits per heavy atom. The summed E-state index contributed by atoms with van der Waals surface area (Å²) in [7, 11) is 0. The molecule has 7 heteroatoms. The summed E-state index contributed by atoms with van der Waals surface area (Å²) in [5, 5.41) is 20.1. The topological polar surface area (TPSA) is 56.4 Å². The van der Waals surface area contributed by atoms with Crippen molar-refractivity contribution in [2.75, 3.05) is 32.7 Å². The highest BCUT2D eigenvalue weighted by atomic mass is 19.1. The largest absolute Gasteiger partial charge is 0.493 e. The fourth-order valence-electron chi connectivity index (χ4n) is 4.37. The van der Waals surface area contributed by atoms with Crippen LogP contribution in [0.2, 0.25) is 0 Å². The Hall–Kier alpha value is -3.81. The number of aromatic hydroxyl groups is 1. The minimum Gasteiger partial charge on any atom is -0.493 e. The van der Waals surface area contributed by atoms with Crippen LogP contribution in [0.25, 0.3) is 17.0 Å². The molecule has 0 atom stereocenters. The average Bonchev–Trinajstić information content (AvgIpc) is 3.16. The maximum absolute atomic E-state index is 14.0. The van der Waals surface area contributed by atoms with Gasteiger partial charge in [0, 0.05) is 38.1 Å². The summed E-state index contributed by atoms with van der Waals surface area (Å²) in [6, 6.07) is 24.2. The lowest BCUT2D eigenvalue weighted by Crippen LogP contribution is -2.46. The first kappa shape index (κ1) is 23.0. The van der Waals surface area contributed by atoms with E-state index in [1.165, 1.54) is 11.6 Å². The fourth-order valence-corrected chi connectivity index (χ4v) is 4.37. The van der Waals surface area contributed by atoms with E-state index in [-0.39, 0.29) is 11.6 Å². The van der Waals surface area contributed by atoms with E-state index in [4.69, 9.17) is 0 Å². The molecule has 35 heavy (non-hydrogen) atoms. The van der Waals surface area contributed by atoms with Crippen LogP contribution in [0.15, 0.2) is 95.2 Å². The molecule has 0 aliphatic carbocycles. The molecule has 5 rings (SSSR count). The van der Waals surface area contributed by atoms with Crippen molar-refractivity contribution in [2.24, 2.45) is 10.2 Å². The smallest absolute Gasteiger partial charge is 0.221 e. The highest BCUT2D eigenvalue weighted by Crippen LogP contribution is 2.39. The molecule has 0 amide bonds. The van der Waals surface area contributed by atoms with E-state index in [2.05, 4.69) is 44.3 Å². The second-order valence-corrected chi connectivity index (χ2v) is 8.64. The van der Waals surface area contributed by atoms with Crippen LogP contribution in [-0.2, 0) is 6.67 Å². The molecule has 2 heterocycles. The number of hydrogen-bond donors (Lipinski definition) is 1. The molecule has 1 fully saturated rings. The zero-order valence-corrected chi connectivity index (χ0v) is 19.5. The summed E-state index contributed by atoms with van der Waals surface area (Å²) in [6.07, 6.45) is 4.37. The highest BCUT2D eigenvalue weighted by Gasteiger charge is 2.21. The van der Waals surface area contributed by atoms with Crippen LogP contribution < -0.4 is 0 Å². The number of piperazine rings is 1. The van der Waals surface area contributed by atoms with Gasteiger partial charge in [-0.2, -0.15) is 0 Å². The van der Waals surface area contributed by atoms with E-state index in [0.29, 0.717) is 12.4 Å². The molecule has 4 aromatic rings. The molecule has 3 aromatic carbocycles. The van der Waals surface area contributed by atoms with Gasteiger partial charge in [-0.25, -0.2) is 4.39 Å². The van der Waals surface area contributed by atoms with Crippen LogP contribution in [0.1, 0.15) is 5.56 Å². The molecule has 1 N–H and O–H groups in total. The Balaban J connectivity index is 1.27. The van der Waals surface area contributed by atoms with Crippen molar-refractivity contribution in [3.8, 4) is 5.88 Å². The molecule has 0 saturated carbocycles. The highest BCUT2D eigenvalue weighted by molar-refractivity contribution is 5.95. The lowest BCUT2D eigenvalue weighted by Gasteiger charge is -2.34. The van der Waals surface area contributed by atoms with Crippen LogP contribution in [0.3, 0.4) is 0 Å². The number of azo groups is 1. The van der Waals surface area contributed by atoms with Gasteiger partial charge in [-0.15, -0.1) is 10.2 Å². The number of nitrogens with zero attached hydrogens (tertiary/aromatic N) is 5. The predicted molar refractivity (Wildman–Crippen MR) is 138 cm³/mol. The van der Waals surface area contributed by atoms with Crippen LogP contribution in [0.4, 0.5) is 15.8 Å². The van der Waals surface area contributed by atoms with Crippen LogP contribution in [-0.4, -0.2) is 52.2 Å². The second-order valence-electron chi connectivity index (χ2n) is 8.64. The number of hydrogen-bond acceptors (Lipinski definition) is 5. The van der Waals surface area contributed by atoms with Crippen molar-refractivity contribution in [3.63, 3.8) is 0 Å². The number of fused-ring (bicyclic) bond motifs is 1. The van der Waals surface area contributed by atoms with Crippen molar-refractivity contribution in [1.29, 1.82) is 0 Å². The maximum Gasteiger partial charge on any atom is 0.221 e.